The van der Waals surface area contributed by atoms with Crippen molar-refractivity contribution in [3.05, 3.63) is 267 Å². The Morgan fingerprint density at radius 2 is 0.529 bits per heavy atom. The van der Waals surface area contributed by atoms with Crippen LogP contribution in [0.15, 0.2) is 276 Å². The highest BCUT2D eigenvalue weighted by molar-refractivity contribution is 6.08. The average molecular weight is 897 g/mol. The molecule has 330 valence electrons. The summed E-state index contributed by atoms with van der Waals surface area (Å²) in [5.41, 5.74) is 18.3. The smallest absolute Gasteiger partial charge is 0.137 e. The summed E-state index contributed by atoms with van der Waals surface area (Å²) in [5.74, 6) is 0. The first-order chi connectivity index (χ1) is 34.7. The zero-order valence-electron chi connectivity index (χ0n) is 38.1. The van der Waals surface area contributed by atoms with Gasteiger partial charge in [0.1, 0.15) is 22.3 Å². The lowest BCUT2D eigenvalue weighted by Gasteiger charge is -2.33. The van der Waals surface area contributed by atoms with Crippen LogP contribution in [0.1, 0.15) is 0 Å². The lowest BCUT2D eigenvalue weighted by atomic mass is 9.93. The Morgan fingerprint density at radius 1 is 0.214 bits per heavy atom. The third kappa shape index (κ3) is 7.36. The van der Waals surface area contributed by atoms with E-state index in [9.17, 15) is 0 Å². The van der Waals surface area contributed by atoms with Gasteiger partial charge in [0.05, 0.1) is 11.4 Å². The molecule has 0 aliphatic carbocycles. The Kier molecular flexibility index (Phi) is 10.1. The predicted octanol–water partition coefficient (Wildman–Crippen LogP) is 19.1. The van der Waals surface area contributed by atoms with E-state index in [0.717, 1.165) is 111 Å². The first-order valence-corrected chi connectivity index (χ1v) is 23.7. The Morgan fingerprint density at radius 3 is 0.929 bits per heavy atom. The molecule has 0 unspecified atom stereocenters. The van der Waals surface area contributed by atoms with Gasteiger partial charge in [-0.3, -0.25) is 0 Å². The summed E-state index contributed by atoms with van der Waals surface area (Å²) in [6.45, 7) is 0. The third-order valence-corrected chi connectivity index (χ3v) is 13.5. The van der Waals surface area contributed by atoms with E-state index in [2.05, 4.69) is 252 Å². The molecular formula is C66H44N2O2. The number of hydrogen-bond acceptors (Lipinski definition) is 4. The minimum Gasteiger partial charge on any atom is -0.456 e. The van der Waals surface area contributed by atoms with E-state index in [1.807, 2.05) is 24.3 Å². The second kappa shape index (κ2) is 17.4. The summed E-state index contributed by atoms with van der Waals surface area (Å²) >= 11 is 0. The van der Waals surface area contributed by atoms with E-state index in [4.69, 9.17) is 8.83 Å². The summed E-state index contributed by atoms with van der Waals surface area (Å²) < 4.78 is 13.2. The second-order valence-corrected chi connectivity index (χ2v) is 17.7. The van der Waals surface area contributed by atoms with E-state index in [0.29, 0.717) is 0 Å². The van der Waals surface area contributed by atoms with Crippen LogP contribution in [-0.4, -0.2) is 0 Å². The number of para-hydroxylation sites is 2. The summed E-state index contributed by atoms with van der Waals surface area (Å²) in [7, 11) is 0. The normalized spacial score (nSPS) is 11.4. The molecule has 0 saturated heterocycles. The number of rotatable bonds is 10. The van der Waals surface area contributed by atoms with Crippen molar-refractivity contribution >= 4 is 78.0 Å². The largest absolute Gasteiger partial charge is 0.456 e. The molecule has 0 aliphatic heterocycles. The van der Waals surface area contributed by atoms with Crippen LogP contribution in [0.2, 0.25) is 0 Å². The van der Waals surface area contributed by atoms with E-state index >= 15 is 0 Å². The molecule has 0 radical (unpaired) electrons. The fraction of sp³-hybridized carbons (Fsp3) is 0. The standard InChI is InChI=1S/C66H44N2O2/c1-5-17-45(18-6-1)47-29-33-51(34-30-47)67(53-37-39-57-55-25-13-15-27-63(55)69-65(57)41-53)61-44-62(60(50-23-11-4-12-24-50)43-59(61)49-21-9-3-10-22-49)68(52-35-31-48(32-36-52)46-19-7-2-8-20-46)54-38-40-58-56-26-14-16-28-64(56)70-66(58)42-54/h1-44H. The highest BCUT2D eigenvalue weighted by Gasteiger charge is 2.26. The van der Waals surface area contributed by atoms with E-state index in [-0.39, 0.29) is 0 Å². The van der Waals surface area contributed by atoms with Gasteiger partial charge in [-0.1, -0.05) is 182 Å². The SMILES string of the molecule is c1ccc(-c2ccc(N(c3ccc4c(c3)oc3ccccc34)c3cc(N(c4ccc(-c5ccccc5)cc4)c4ccc5c(c4)oc4ccccc45)c(-c4ccccc4)cc3-c3ccccc3)cc2)cc1. The molecule has 0 saturated carbocycles. The highest BCUT2D eigenvalue weighted by atomic mass is 16.3. The van der Waals surface area contributed by atoms with Gasteiger partial charge in [-0.2, -0.15) is 0 Å². The maximum Gasteiger partial charge on any atom is 0.137 e. The van der Waals surface area contributed by atoms with Crippen molar-refractivity contribution in [2.75, 3.05) is 9.80 Å². The topological polar surface area (TPSA) is 32.8 Å². The highest BCUT2D eigenvalue weighted by Crippen LogP contribution is 2.51. The number of furan rings is 2. The number of benzene rings is 11. The van der Waals surface area contributed by atoms with Gasteiger partial charge in [0, 0.05) is 67.6 Å². The monoisotopic (exact) mass is 896 g/mol. The Hall–Kier alpha value is -9.38. The number of anilines is 6. The summed E-state index contributed by atoms with van der Waals surface area (Å²) in [4.78, 5) is 4.78. The van der Waals surface area contributed by atoms with E-state index in [1.165, 1.54) is 11.1 Å². The van der Waals surface area contributed by atoms with Crippen LogP contribution in [0.5, 0.6) is 0 Å². The van der Waals surface area contributed by atoms with Gasteiger partial charge in [0.2, 0.25) is 0 Å². The maximum atomic E-state index is 6.62. The van der Waals surface area contributed by atoms with Crippen LogP contribution in [0.25, 0.3) is 88.4 Å². The molecule has 0 aliphatic rings. The van der Waals surface area contributed by atoms with Gasteiger partial charge in [-0.05, 0) is 106 Å². The van der Waals surface area contributed by atoms with Crippen molar-refractivity contribution in [1.82, 2.24) is 0 Å². The molecule has 0 N–H and O–H groups in total. The van der Waals surface area contributed by atoms with Crippen LogP contribution in [0.3, 0.4) is 0 Å². The fourth-order valence-electron chi connectivity index (χ4n) is 10.1. The van der Waals surface area contributed by atoms with Gasteiger partial charge >= 0.3 is 0 Å². The lowest BCUT2D eigenvalue weighted by molar-refractivity contribution is 0.668. The molecule has 4 heteroatoms. The Labute approximate surface area is 406 Å². The van der Waals surface area contributed by atoms with Crippen LogP contribution < -0.4 is 9.80 Å². The van der Waals surface area contributed by atoms with Crippen molar-refractivity contribution in [3.63, 3.8) is 0 Å². The first kappa shape index (κ1) is 40.9. The molecule has 2 heterocycles. The zero-order chi connectivity index (χ0) is 46.4. The first-order valence-electron chi connectivity index (χ1n) is 23.7. The van der Waals surface area contributed by atoms with Crippen LogP contribution in [0.4, 0.5) is 34.1 Å². The zero-order valence-corrected chi connectivity index (χ0v) is 38.1. The van der Waals surface area contributed by atoms with Gasteiger partial charge < -0.3 is 18.6 Å². The minimum absolute atomic E-state index is 0.825. The molecule has 11 aromatic carbocycles. The molecule has 70 heavy (non-hydrogen) atoms. The summed E-state index contributed by atoms with van der Waals surface area (Å²) in [5, 5.41) is 4.34. The van der Waals surface area contributed by atoms with Gasteiger partial charge in [-0.25, -0.2) is 0 Å². The summed E-state index contributed by atoms with van der Waals surface area (Å²) in [6, 6.07) is 95.0. The lowest BCUT2D eigenvalue weighted by Crippen LogP contribution is -2.15. The molecule has 4 nitrogen and oxygen atoms in total. The minimum atomic E-state index is 0.825. The van der Waals surface area contributed by atoms with Crippen molar-refractivity contribution < 1.29 is 8.83 Å². The average Bonchev–Trinajstić information content (AvgIpc) is 4.00. The van der Waals surface area contributed by atoms with Crippen molar-refractivity contribution in [3.8, 4) is 44.5 Å². The molecule has 0 fully saturated rings. The van der Waals surface area contributed by atoms with Gasteiger partial charge in [-0.15, -0.1) is 0 Å². The summed E-state index contributed by atoms with van der Waals surface area (Å²) in [6.07, 6.45) is 0. The molecule has 13 rings (SSSR count). The molecule has 0 spiro atoms. The fourth-order valence-corrected chi connectivity index (χ4v) is 10.1. The molecule has 13 aromatic rings. The second-order valence-electron chi connectivity index (χ2n) is 17.7. The van der Waals surface area contributed by atoms with Crippen molar-refractivity contribution in [2.45, 2.75) is 0 Å². The van der Waals surface area contributed by atoms with Crippen LogP contribution in [0, 0.1) is 0 Å². The number of hydrogen-bond donors (Lipinski definition) is 0. The van der Waals surface area contributed by atoms with E-state index in [1.54, 1.807) is 0 Å². The predicted molar refractivity (Wildman–Crippen MR) is 292 cm³/mol. The quantitative estimate of drug-likeness (QED) is 0.137. The van der Waals surface area contributed by atoms with Gasteiger partial charge in [0.25, 0.3) is 0 Å². The molecule has 2 aromatic heterocycles. The molecule has 0 atom stereocenters. The van der Waals surface area contributed by atoms with Crippen molar-refractivity contribution in [1.29, 1.82) is 0 Å². The van der Waals surface area contributed by atoms with Gasteiger partial charge in [0.15, 0.2) is 0 Å². The number of nitrogens with zero attached hydrogens (tertiary/aromatic N) is 2. The molecular weight excluding hydrogens is 853 g/mol. The molecule has 0 amide bonds. The number of fused-ring (bicyclic) bond motifs is 6. The van der Waals surface area contributed by atoms with Crippen molar-refractivity contribution in [2.24, 2.45) is 0 Å². The Balaban J connectivity index is 1.10. The van der Waals surface area contributed by atoms with E-state index < -0.39 is 0 Å². The molecule has 0 bridgehead atoms. The third-order valence-electron chi connectivity index (χ3n) is 13.5. The van der Waals surface area contributed by atoms with Crippen LogP contribution in [-0.2, 0) is 0 Å². The maximum absolute atomic E-state index is 6.62. The Bertz CT molecular complexity index is 3720. The van der Waals surface area contributed by atoms with Crippen LogP contribution >= 0.6 is 0 Å².